The fourth-order valence-electron chi connectivity index (χ4n) is 4.44. The second-order valence-electron chi connectivity index (χ2n) is 8.36. The number of fused-ring (bicyclic) bond motifs is 1. The van der Waals surface area contributed by atoms with Gasteiger partial charge in [0.1, 0.15) is 11.6 Å². The van der Waals surface area contributed by atoms with Crippen LogP contribution in [0.4, 0.5) is 15.8 Å². The lowest BCUT2D eigenvalue weighted by atomic mass is 9.79. The van der Waals surface area contributed by atoms with E-state index in [2.05, 4.69) is 13.8 Å². The van der Waals surface area contributed by atoms with Crippen LogP contribution in [0.5, 0.6) is 5.75 Å². The summed E-state index contributed by atoms with van der Waals surface area (Å²) in [5, 5.41) is 0. The molecular weight excluding hydrogens is 425 g/mol. The third kappa shape index (κ3) is 6.03. The van der Waals surface area contributed by atoms with Crippen LogP contribution in [0.3, 0.4) is 0 Å². The highest BCUT2D eigenvalue weighted by atomic mass is 32.2. The van der Waals surface area contributed by atoms with Gasteiger partial charge in [-0.2, -0.15) is 0 Å². The van der Waals surface area contributed by atoms with Crippen LogP contribution in [-0.2, 0) is 9.84 Å². The molecule has 0 amide bonds. The summed E-state index contributed by atoms with van der Waals surface area (Å²) in [6, 6.07) is 11.6. The van der Waals surface area contributed by atoms with E-state index in [1.54, 1.807) is 7.11 Å². The Morgan fingerprint density at radius 1 is 1.00 bits per heavy atom. The minimum Gasteiger partial charge on any atom is -0.497 e. The fourth-order valence-corrected chi connectivity index (χ4v) is 6.54. The fraction of sp³-hybridized carbons (Fsp3) is 0.538. The van der Waals surface area contributed by atoms with Crippen LogP contribution in [-0.4, -0.2) is 27.8 Å². The molecule has 1 aliphatic rings. The molecular formula is C26H38FNO3S. The van der Waals surface area contributed by atoms with Crippen molar-refractivity contribution < 1.29 is 17.5 Å². The van der Waals surface area contributed by atoms with Crippen molar-refractivity contribution in [1.29, 1.82) is 0 Å². The molecule has 0 aromatic heterocycles. The smallest absolute Gasteiger partial charge is 0.181 e. The maximum atomic E-state index is 14.2. The SMILES string of the molecule is CC.CCCCC1(CCCC)CN(c2ccc(OC)cc2)c2cc(F)ccc2S(=O)(=O)C1. The highest BCUT2D eigenvalue weighted by Gasteiger charge is 2.42. The van der Waals surface area contributed by atoms with Gasteiger partial charge >= 0.3 is 0 Å². The Hall–Kier alpha value is -2.08. The lowest BCUT2D eigenvalue weighted by Gasteiger charge is -2.37. The van der Waals surface area contributed by atoms with Gasteiger partial charge in [-0.1, -0.05) is 53.4 Å². The summed E-state index contributed by atoms with van der Waals surface area (Å²) in [6.45, 7) is 8.81. The number of sulfone groups is 1. The molecule has 0 unspecified atom stereocenters. The van der Waals surface area contributed by atoms with Crippen molar-refractivity contribution in [1.82, 2.24) is 0 Å². The zero-order valence-electron chi connectivity index (χ0n) is 20.2. The number of hydrogen-bond acceptors (Lipinski definition) is 4. The second kappa shape index (κ2) is 11.7. The molecule has 0 saturated heterocycles. The Bertz CT molecular complexity index is 950. The van der Waals surface area contributed by atoms with Crippen molar-refractivity contribution in [2.24, 2.45) is 5.41 Å². The monoisotopic (exact) mass is 463 g/mol. The number of anilines is 2. The molecule has 4 nitrogen and oxygen atoms in total. The lowest BCUT2D eigenvalue weighted by Crippen LogP contribution is -2.38. The van der Waals surface area contributed by atoms with Crippen LogP contribution in [0, 0.1) is 11.2 Å². The van der Waals surface area contributed by atoms with Crippen molar-refractivity contribution in [2.45, 2.75) is 71.1 Å². The van der Waals surface area contributed by atoms with Gasteiger partial charge in [0.05, 0.1) is 23.4 Å². The molecule has 1 heterocycles. The predicted molar refractivity (Wildman–Crippen MR) is 131 cm³/mol. The molecule has 6 heteroatoms. The van der Waals surface area contributed by atoms with E-state index < -0.39 is 15.7 Å². The molecule has 0 radical (unpaired) electrons. The van der Waals surface area contributed by atoms with E-state index in [1.165, 1.54) is 18.2 Å². The summed E-state index contributed by atoms with van der Waals surface area (Å²) in [5.41, 5.74) is 0.896. The van der Waals surface area contributed by atoms with Crippen molar-refractivity contribution in [3.8, 4) is 5.75 Å². The highest BCUT2D eigenvalue weighted by Crippen LogP contribution is 2.45. The van der Waals surface area contributed by atoms with Gasteiger partial charge in [-0.25, -0.2) is 12.8 Å². The second-order valence-corrected chi connectivity index (χ2v) is 10.3. The van der Waals surface area contributed by atoms with Crippen molar-refractivity contribution >= 4 is 21.2 Å². The Balaban J connectivity index is 0.00000176. The quantitative estimate of drug-likeness (QED) is 0.390. The topological polar surface area (TPSA) is 46.6 Å². The number of rotatable bonds is 8. The first-order valence-electron chi connectivity index (χ1n) is 11.8. The number of hydrogen-bond donors (Lipinski definition) is 0. The summed E-state index contributed by atoms with van der Waals surface area (Å²) < 4.78 is 46.4. The number of ether oxygens (including phenoxy) is 1. The van der Waals surface area contributed by atoms with E-state index in [1.807, 2.05) is 43.0 Å². The predicted octanol–water partition coefficient (Wildman–Crippen LogP) is 7.15. The lowest BCUT2D eigenvalue weighted by molar-refractivity contribution is 0.270. The third-order valence-electron chi connectivity index (χ3n) is 6.04. The molecule has 32 heavy (non-hydrogen) atoms. The Morgan fingerprint density at radius 3 is 2.12 bits per heavy atom. The molecule has 0 atom stereocenters. The van der Waals surface area contributed by atoms with Gasteiger partial charge in [0.25, 0.3) is 0 Å². The van der Waals surface area contributed by atoms with Crippen LogP contribution in [0.1, 0.15) is 66.2 Å². The van der Waals surface area contributed by atoms with Crippen molar-refractivity contribution in [3.05, 3.63) is 48.3 Å². The Labute approximate surface area is 193 Å². The highest BCUT2D eigenvalue weighted by molar-refractivity contribution is 7.91. The minimum atomic E-state index is -3.55. The zero-order valence-corrected chi connectivity index (χ0v) is 21.0. The van der Waals surface area contributed by atoms with Crippen LogP contribution >= 0.6 is 0 Å². The summed E-state index contributed by atoms with van der Waals surface area (Å²) in [5.74, 6) is 0.395. The first kappa shape index (κ1) is 26.2. The average molecular weight is 464 g/mol. The number of methoxy groups -OCH3 is 1. The van der Waals surface area contributed by atoms with Gasteiger partial charge in [0.2, 0.25) is 0 Å². The molecule has 0 fully saturated rings. The van der Waals surface area contributed by atoms with Gasteiger partial charge < -0.3 is 9.64 Å². The molecule has 0 aliphatic carbocycles. The standard InChI is InChI=1S/C24H32FNO3S.C2H6/c1-4-6-14-24(15-7-5-2)17-26(20-9-11-21(29-3)12-10-20)22-16-19(25)8-13-23(22)30(27,28)18-24;1-2/h8-13,16H,4-7,14-15,17-18H2,1-3H3;1-2H3. The zero-order chi connectivity index (χ0) is 23.8. The summed E-state index contributed by atoms with van der Waals surface area (Å²) in [7, 11) is -1.94. The largest absolute Gasteiger partial charge is 0.497 e. The molecule has 3 rings (SSSR count). The van der Waals surface area contributed by atoms with E-state index in [0.29, 0.717) is 12.2 Å². The number of halogens is 1. The van der Waals surface area contributed by atoms with Crippen LogP contribution in [0.15, 0.2) is 47.4 Å². The normalized spacial score (nSPS) is 16.4. The maximum absolute atomic E-state index is 14.2. The minimum absolute atomic E-state index is 0.102. The molecule has 0 spiro atoms. The molecule has 2 aromatic rings. The Kier molecular flexibility index (Phi) is 9.56. The number of benzene rings is 2. The molecule has 0 saturated carbocycles. The van der Waals surface area contributed by atoms with E-state index in [9.17, 15) is 12.8 Å². The van der Waals surface area contributed by atoms with E-state index in [0.717, 1.165) is 50.0 Å². The van der Waals surface area contributed by atoms with E-state index in [4.69, 9.17) is 4.74 Å². The average Bonchev–Trinajstić information content (AvgIpc) is 2.90. The van der Waals surface area contributed by atoms with Gasteiger partial charge in [-0.15, -0.1) is 0 Å². The molecule has 2 aromatic carbocycles. The molecule has 0 bridgehead atoms. The van der Waals surface area contributed by atoms with Gasteiger partial charge in [0, 0.05) is 17.6 Å². The molecule has 1 aliphatic heterocycles. The van der Waals surface area contributed by atoms with Crippen LogP contribution < -0.4 is 9.64 Å². The molecule has 0 N–H and O–H groups in total. The number of unbranched alkanes of at least 4 members (excludes halogenated alkanes) is 2. The van der Waals surface area contributed by atoms with Crippen molar-refractivity contribution in [3.63, 3.8) is 0 Å². The number of nitrogens with zero attached hydrogens (tertiary/aromatic N) is 1. The van der Waals surface area contributed by atoms with Crippen LogP contribution in [0.25, 0.3) is 0 Å². The summed E-state index contributed by atoms with van der Waals surface area (Å²) >= 11 is 0. The van der Waals surface area contributed by atoms with Crippen LogP contribution in [0.2, 0.25) is 0 Å². The maximum Gasteiger partial charge on any atom is 0.181 e. The third-order valence-corrected chi connectivity index (χ3v) is 8.05. The van der Waals surface area contributed by atoms with Gasteiger partial charge in [-0.3, -0.25) is 0 Å². The first-order chi connectivity index (χ1) is 15.3. The summed E-state index contributed by atoms with van der Waals surface area (Å²) in [4.78, 5) is 2.21. The van der Waals surface area contributed by atoms with E-state index in [-0.39, 0.29) is 16.1 Å². The van der Waals surface area contributed by atoms with Crippen molar-refractivity contribution in [2.75, 3.05) is 24.3 Å². The Morgan fingerprint density at radius 2 is 1.59 bits per heavy atom. The van der Waals surface area contributed by atoms with Gasteiger partial charge in [-0.05, 0) is 55.3 Å². The van der Waals surface area contributed by atoms with Gasteiger partial charge in [0.15, 0.2) is 9.84 Å². The van der Waals surface area contributed by atoms with E-state index >= 15 is 0 Å². The first-order valence-corrected chi connectivity index (χ1v) is 13.4. The molecule has 178 valence electrons. The summed E-state index contributed by atoms with van der Waals surface area (Å²) in [6.07, 6.45) is 5.65.